The van der Waals surface area contributed by atoms with Gasteiger partial charge in [-0.15, -0.1) is 0 Å². The molecule has 0 spiro atoms. The van der Waals surface area contributed by atoms with Crippen LogP contribution in [0, 0.1) is 0 Å². The van der Waals surface area contributed by atoms with E-state index >= 15 is 0 Å². The number of esters is 1. The van der Waals surface area contributed by atoms with Crippen LogP contribution in [0.1, 0.15) is 56.0 Å². The van der Waals surface area contributed by atoms with Crippen molar-refractivity contribution in [2.75, 3.05) is 11.9 Å². The lowest BCUT2D eigenvalue weighted by Gasteiger charge is -2.19. The van der Waals surface area contributed by atoms with Crippen molar-refractivity contribution in [3.05, 3.63) is 90.0 Å². The Hall–Kier alpha value is -4.66. The predicted molar refractivity (Wildman–Crippen MR) is 147 cm³/mol. The fourth-order valence-electron chi connectivity index (χ4n) is 3.42. The first-order valence-corrected chi connectivity index (χ1v) is 12.6. The number of amides is 3. The van der Waals surface area contributed by atoms with E-state index in [-0.39, 0.29) is 30.6 Å². The van der Waals surface area contributed by atoms with E-state index in [0.717, 1.165) is 5.75 Å². The second-order valence-corrected chi connectivity index (χ2v) is 9.83. The Bertz CT molecular complexity index is 1270. The zero-order chi connectivity index (χ0) is 28.3. The molecule has 3 aromatic rings. The van der Waals surface area contributed by atoms with Gasteiger partial charge in [-0.25, -0.2) is 0 Å². The number of hydrogen-bond donors (Lipinski definition) is 3. The van der Waals surface area contributed by atoms with Crippen molar-refractivity contribution in [1.29, 1.82) is 0 Å². The maximum Gasteiger partial charge on any atom is 0.306 e. The summed E-state index contributed by atoms with van der Waals surface area (Å²) in [6, 6.07) is 23.3. The van der Waals surface area contributed by atoms with Gasteiger partial charge in [0.25, 0.3) is 11.8 Å². The van der Waals surface area contributed by atoms with Gasteiger partial charge in [-0.1, -0.05) is 51.1 Å². The third-order valence-corrected chi connectivity index (χ3v) is 5.59. The number of carbonyl (C=O) groups is 4. The largest absolute Gasteiger partial charge is 0.457 e. The average Bonchev–Trinajstić information content (AvgIpc) is 2.92. The van der Waals surface area contributed by atoms with E-state index in [1.807, 2.05) is 24.3 Å². The van der Waals surface area contributed by atoms with Crippen LogP contribution in [0.2, 0.25) is 0 Å². The van der Waals surface area contributed by atoms with Crippen LogP contribution in [0.3, 0.4) is 0 Å². The maximum absolute atomic E-state index is 12.2. The monoisotopic (exact) mass is 531 g/mol. The van der Waals surface area contributed by atoms with Crippen LogP contribution in [0.4, 0.5) is 5.69 Å². The Morgan fingerprint density at radius 3 is 1.95 bits per heavy atom. The van der Waals surface area contributed by atoms with E-state index in [0.29, 0.717) is 17.0 Å². The van der Waals surface area contributed by atoms with Crippen LogP contribution in [0.15, 0.2) is 78.9 Å². The fraction of sp³-hybridized carbons (Fsp3) is 0.267. The highest BCUT2D eigenvalue weighted by Gasteiger charge is 2.14. The smallest absolute Gasteiger partial charge is 0.306 e. The summed E-state index contributed by atoms with van der Waals surface area (Å²) in [5, 5.41) is 2.77. The maximum atomic E-state index is 12.2. The Morgan fingerprint density at radius 2 is 1.33 bits per heavy atom. The number of benzene rings is 3. The van der Waals surface area contributed by atoms with Crippen molar-refractivity contribution in [3.63, 3.8) is 0 Å². The molecule has 0 radical (unpaired) electrons. The van der Waals surface area contributed by atoms with Gasteiger partial charge in [-0.2, -0.15) is 0 Å². The first-order valence-electron chi connectivity index (χ1n) is 12.6. The van der Waals surface area contributed by atoms with E-state index < -0.39 is 24.4 Å². The standard InChI is InChI=1S/C30H33N3O6/c1-30(2,3)22-12-16-24(17-13-22)39-25-18-14-23(15-19-25)31-26(34)10-7-11-28(36)38-20-27(35)32-33-29(37)21-8-5-4-6-9-21/h4-6,8-9,12-19H,7,10-11,20H2,1-3H3,(H,31,34)(H,32,35)(H,33,37). The molecule has 0 aliphatic heterocycles. The topological polar surface area (TPSA) is 123 Å². The summed E-state index contributed by atoms with van der Waals surface area (Å²) in [6.07, 6.45) is 0.327. The van der Waals surface area contributed by atoms with Crippen molar-refractivity contribution in [3.8, 4) is 11.5 Å². The van der Waals surface area contributed by atoms with Crippen molar-refractivity contribution < 1.29 is 28.7 Å². The molecule has 3 amide bonds. The number of anilines is 1. The third kappa shape index (κ3) is 9.96. The molecule has 3 rings (SSSR count). The molecule has 3 N–H and O–H groups in total. The van der Waals surface area contributed by atoms with Gasteiger partial charge in [0.2, 0.25) is 5.91 Å². The molecule has 39 heavy (non-hydrogen) atoms. The molecule has 0 aromatic heterocycles. The van der Waals surface area contributed by atoms with E-state index in [4.69, 9.17) is 9.47 Å². The number of rotatable bonds is 10. The lowest BCUT2D eigenvalue weighted by atomic mass is 9.87. The van der Waals surface area contributed by atoms with Gasteiger partial charge in [0, 0.05) is 24.1 Å². The molecule has 0 bridgehead atoms. The molecule has 0 aliphatic rings. The lowest BCUT2D eigenvalue weighted by molar-refractivity contribution is -0.148. The Kier molecular flexibility index (Phi) is 10.2. The van der Waals surface area contributed by atoms with E-state index in [9.17, 15) is 19.2 Å². The minimum atomic E-state index is -0.681. The summed E-state index contributed by atoms with van der Waals surface area (Å²) in [7, 11) is 0. The zero-order valence-corrected chi connectivity index (χ0v) is 22.3. The second kappa shape index (κ2) is 13.8. The molecule has 204 valence electrons. The van der Waals surface area contributed by atoms with Gasteiger partial charge in [-0.05, 0) is 65.9 Å². The van der Waals surface area contributed by atoms with Crippen LogP contribution >= 0.6 is 0 Å². The van der Waals surface area contributed by atoms with E-state index in [2.05, 4.69) is 36.9 Å². The van der Waals surface area contributed by atoms with Crippen molar-refractivity contribution >= 4 is 29.4 Å². The number of hydrazine groups is 1. The summed E-state index contributed by atoms with van der Waals surface area (Å²) in [4.78, 5) is 47.7. The number of carbonyl (C=O) groups excluding carboxylic acids is 4. The molecule has 0 atom stereocenters. The van der Waals surface area contributed by atoms with Gasteiger partial charge in [0.05, 0.1) is 0 Å². The van der Waals surface area contributed by atoms with Crippen LogP contribution in [0.5, 0.6) is 11.5 Å². The molecule has 0 aliphatic carbocycles. The molecular weight excluding hydrogens is 498 g/mol. The Morgan fingerprint density at radius 1 is 0.718 bits per heavy atom. The lowest BCUT2D eigenvalue weighted by Crippen LogP contribution is -2.43. The summed E-state index contributed by atoms with van der Waals surface area (Å²) in [5.41, 5.74) is 6.67. The molecule has 0 fully saturated rings. The van der Waals surface area contributed by atoms with Gasteiger partial charge >= 0.3 is 5.97 Å². The normalized spacial score (nSPS) is 10.7. The molecule has 0 saturated carbocycles. The summed E-state index contributed by atoms with van der Waals surface area (Å²) >= 11 is 0. The quantitative estimate of drug-likeness (QED) is 0.253. The van der Waals surface area contributed by atoms with E-state index in [1.54, 1.807) is 54.6 Å². The first-order chi connectivity index (χ1) is 18.6. The Balaban J connectivity index is 1.31. The van der Waals surface area contributed by atoms with Gasteiger partial charge in [0.1, 0.15) is 11.5 Å². The number of nitrogens with one attached hydrogen (secondary N) is 3. The highest BCUT2D eigenvalue weighted by Crippen LogP contribution is 2.27. The summed E-state index contributed by atoms with van der Waals surface area (Å²) in [5.74, 6) is -0.682. The minimum Gasteiger partial charge on any atom is -0.457 e. The minimum absolute atomic E-state index is 0.0299. The van der Waals surface area contributed by atoms with Crippen LogP contribution < -0.4 is 20.9 Å². The number of ether oxygens (including phenoxy) is 2. The SMILES string of the molecule is CC(C)(C)c1ccc(Oc2ccc(NC(=O)CCCC(=O)OCC(=O)NNC(=O)c3ccccc3)cc2)cc1. The van der Waals surface area contributed by atoms with Crippen molar-refractivity contribution in [2.45, 2.75) is 45.4 Å². The summed E-state index contributed by atoms with van der Waals surface area (Å²) in [6.45, 7) is 5.91. The number of hydrogen-bond acceptors (Lipinski definition) is 6. The zero-order valence-electron chi connectivity index (χ0n) is 22.3. The fourth-order valence-corrected chi connectivity index (χ4v) is 3.42. The molecule has 3 aromatic carbocycles. The molecule has 0 saturated heterocycles. The second-order valence-electron chi connectivity index (χ2n) is 9.83. The highest BCUT2D eigenvalue weighted by molar-refractivity contribution is 5.95. The van der Waals surface area contributed by atoms with Crippen LogP contribution in [0.25, 0.3) is 0 Å². The first kappa shape index (κ1) is 28.9. The third-order valence-electron chi connectivity index (χ3n) is 5.59. The van der Waals surface area contributed by atoms with Gasteiger partial charge in [0.15, 0.2) is 6.61 Å². The molecule has 0 heterocycles. The Labute approximate surface area is 227 Å². The predicted octanol–water partition coefficient (Wildman–Crippen LogP) is 4.89. The molecule has 9 heteroatoms. The molecule has 0 unspecified atom stereocenters. The van der Waals surface area contributed by atoms with E-state index in [1.165, 1.54) is 5.56 Å². The van der Waals surface area contributed by atoms with Crippen LogP contribution in [-0.4, -0.2) is 30.3 Å². The van der Waals surface area contributed by atoms with Crippen LogP contribution in [-0.2, 0) is 24.5 Å². The van der Waals surface area contributed by atoms with Gasteiger partial charge in [-0.3, -0.25) is 30.0 Å². The van der Waals surface area contributed by atoms with Crippen molar-refractivity contribution in [2.24, 2.45) is 0 Å². The molecule has 9 nitrogen and oxygen atoms in total. The van der Waals surface area contributed by atoms with Crippen molar-refractivity contribution in [1.82, 2.24) is 10.9 Å². The highest BCUT2D eigenvalue weighted by atomic mass is 16.5. The average molecular weight is 532 g/mol. The summed E-state index contributed by atoms with van der Waals surface area (Å²) < 4.78 is 10.8. The van der Waals surface area contributed by atoms with Gasteiger partial charge < -0.3 is 14.8 Å². The molecular formula is C30H33N3O6.